The molecule has 0 aliphatic heterocycles. The van der Waals surface area contributed by atoms with E-state index in [4.69, 9.17) is 0 Å². The largest absolute Gasteiger partial charge is 0.434 e. The number of hydrogen-bond acceptors (Lipinski definition) is 4. The Morgan fingerprint density at radius 2 is 2.21 bits per heavy atom. The van der Waals surface area contributed by atoms with Gasteiger partial charge in [-0.2, -0.15) is 8.78 Å². The van der Waals surface area contributed by atoms with Crippen molar-refractivity contribution in [3.63, 3.8) is 0 Å². The molecule has 0 radical (unpaired) electrons. The molecule has 1 aromatic heterocycles. The zero-order valence-corrected chi connectivity index (χ0v) is 10.8. The molecule has 0 aliphatic rings. The Morgan fingerprint density at radius 1 is 1.42 bits per heavy atom. The predicted octanol–water partition coefficient (Wildman–Crippen LogP) is 4.01. The minimum Gasteiger partial charge on any atom is -0.434 e. The molecule has 6 heteroatoms. The summed E-state index contributed by atoms with van der Waals surface area (Å²) in [6.45, 7) is 1.35. The molecule has 0 fully saturated rings. The first-order chi connectivity index (χ1) is 9.20. The Labute approximate surface area is 113 Å². The number of para-hydroxylation sites is 1. The Morgan fingerprint density at radius 3 is 2.95 bits per heavy atom. The van der Waals surface area contributed by atoms with Crippen LogP contribution in [0.25, 0.3) is 11.3 Å². The Kier molecular flexibility index (Phi) is 4.46. The summed E-state index contributed by atoms with van der Waals surface area (Å²) in [4.78, 5) is 4.32. The van der Waals surface area contributed by atoms with Crippen LogP contribution >= 0.6 is 11.3 Å². The van der Waals surface area contributed by atoms with E-state index in [1.807, 2.05) is 0 Å². The molecular formula is C13H12F2N2OS. The molecule has 2 aromatic rings. The van der Waals surface area contributed by atoms with Crippen molar-refractivity contribution in [3.05, 3.63) is 42.3 Å². The molecule has 1 heterocycles. The second kappa shape index (κ2) is 6.29. The van der Waals surface area contributed by atoms with Crippen LogP contribution in [0.4, 0.5) is 13.9 Å². The molecular weight excluding hydrogens is 270 g/mol. The van der Waals surface area contributed by atoms with Gasteiger partial charge < -0.3 is 10.1 Å². The first-order valence-corrected chi connectivity index (χ1v) is 6.43. The topological polar surface area (TPSA) is 34.2 Å². The van der Waals surface area contributed by atoms with Gasteiger partial charge in [0.15, 0.2) is 5.13 Å². The fraction of sp³-hybridized carbons (Fsp3) is 0.154. The maximum Gasteiger partial charge on any atom is 0.387 e. The third kappa shape index (κ3) is 3.51. The van der Waals surface area contributed by atoms with E-state index in [1.165, 1.54) is 17.4 Å². The summed E-state index contributed by atoms with van der Waals surface area (Å²) >= 11 is 1.40. The lowest BCUT2D eigenvalue weighted by Crippen LogP contribution is -2.03. The Balaban J connectivity index is 2.25. The number of nitrogens with zero attached hydrogens (tertiary/aromatic N) is 1. The van der Waals surface area contributed by atoms with Gasteiger partial charge in [0.05, 0.1) is 5.69 Å². The van der Waals surface area contributed by atoms with Gasteiger partial charge in [-0.25, -0.2) is 4.98 Å². The van der Waals surface area contributed by atoms with Gasteiger partial charge in [0.2, 0.25) is 0 Å². The summed E-state index contributed by atoms with van der Waals surface area (Å²) in [6.07, 6.45) is 1.72. The van der Waals surface area contributed by atoms with Gasteiger partial charge in [-0.05, 0) is 12.1 Å². The van der Waals surface area contributed by atoms with E-state index in [0.717, 1.165) is 0 Å². The molecule has 1 aromatic carbocycles. The standard InChI is InChI=1S/C13H12F2N2OS/c1-2-7-16-13-17-10(8-19-13)9-5-3-4-6-11(9)18-12(14)15/h2-6,8,12H,1,7H2,(H,16,17). The van der Waals surface area contributed by atoms with Crippen molar-refractivity contribution in [1.82, 2.24) is 4.98 Å². The Bertz CT molecular complexity index is 557. The summed E-state index contributed by atoms with van der Waals surface area (Å²) in [5, 5.41) is 5.55. The van der Waals surface area contributed by atoms with Crippen LogP contribution in [0, 0.1) is 0 Å². The first-order valence-electron chi connectivity index (χ1n) is 5.55. The second-order valence-electron chi connectivity index (χ2n) is 3.58. The van der Waals surface area contributed by atoms with E-state index in [0.29, 0.717) is 22.9 Å². The van der Waals surface area contributed by atoms with E-state index in [2.05, 4.69) is 21.6 Å². The third-order valence-corrected chi connectivity index (χ3v) is 3.08. The highest BCUT2D eigenvalue weighted by molar-refractivity contribution is 7.14. The highest BCUT2D eigenvalue weighted by Gasteiger charge is 2.13. The highest BCUT2D eigenvalue weighted by atomic mass is 32.1. The average molecular weight is 282 g/mol. The predicted molar refractivity (Wildman–Crippen MR) is 72.9 cm³/mol. The van der Waals surface area contributed by atoms with Crippen LogP contribution in [0.5, 0.6) is 5.75 Å². The fourth-order valence-corrected chi connectivity index (χ4v) is 2.24. The number of nitrogens with one attached hydrogen (secondary N) is 1. The van der Waals surface area contributed by atoms with E-state index in [9.17, 15) is 8.78 Å². The molecule has 0 unspecified atom stereocenters. The lowest BCUT2D eigenvalue weighted by atomic mass is 10.1. The van der Waals surface area contributed by atoms with Crippen LogP contribution < -0.4 is 10.1 Å². The summed E-state index contributed by atoms with van der Waals surface area (Å²) in [5.41, 5.74) is 1.15. The van der Waals surface area contributed by atoms with Crippen LogP contribution in [-0.4, -0.2) is 18.1 Å². The summed E-state index contributed by atoms with van der Waals surface area (Å²) in [5.74, 6) is 0.123. The minimum atomic E-state index is -2.85. The summed E-state index contributed by atoms with van der Waals surface area (Å²) in [7, 11) is 0. The van der Waals surface area contributed by atoms with Crippen molar-refractivity contribution < 1.29 is 13.5 Å². The number of rotatable bonds is 6. The smallest absolute Gasteiger partial charge is 0.387 e. The number of thiazole rings is 1. The van der Waals surface area contributed by atoms with E-state index in [1.54, 1.807) is 29.7 Å². The molecule has 0 atom stereocenters. The number of alkyl halides is 2. The van der Waals surface area contributed by atoms with Crippen molar-refractivity contribution in [3.8, 4) is 17.0 Å². The van der Waals surface area contributed by atoms with Gasteiger partial charge in [-0.3, -0.25) is 0 Å². The summed E-state index contributed by atoms with van der Waals surface area (Å²) < 4.78 is 29.1. The van der Waals surface area contributed by atoms with Crippen molar-refractivity contribution >= 4 is 16.5 Å². The van der Waals surface area contributed by atoms with Crippen molar-refractivity contribution in [1.29, 1.82) is 0 Å². The molecule has 1 N–H and O–H groups in total. The number of hydrogen-bond donors (Lipinski definition) is 1. The summed E-state index contributed by atoms with van der Waals surface area (Å²) in [6, 6.07) is 6.59. The van der Waals surface area contributed by atoms with Crippen molar-refractivity contribution in [2.45, 2.75) is 6.61 Å². The number of aromatic nitrogens is 1. The van der Waals surface area contributed by atoms with Crippen LogP contribution in [0.2, 0.25) is 0 Å². The van der Waals surface area contributed by atoms with Gasteiger partial charge in [0.1, 0.15) is 5.75 Å². The van der Waals surface area contributed by atoms with Crippen molar-refractivity contribution in [2.75, 3.05) is 11.9 Å². The van der Waals surface area contributed by atoms with Crippen LogP contribution in [0.3, 0.4) is 0 Å². The quantitative estimate of drug-likeness (QED) is 0.813. The highest BCUT2D eigenvalue weighted by Crippen LogP contribution is 2.32. The third-order valence-electron chi connectivity index (χ3n) is 2.28. The normalized spacial score (nSPS) is 10.5. The maximum absolute atomic E-state index is 12.3. The van der Waals surface area contributed by atoms with Gasteiger partial charge in [-0.1, -0.05) is 18.2 Å². The molecule has 0 spiro atoms. The Hall–Kier alpha value is -1.95. The molecule has 0 amide bonds. The zero-order chi connectivity index (χ0) is 13.7. The van der Waals surface area contributed by atoms with Crippen molar-refractivity contribution in [2.24, 2.45) is 0 Å². The second-order valence-corrected chi connectivity index (χ2v) is 4.44. The van der Waals surface area contributed by atoms with E-state index in [-0.39, 0.29) is 5.75 Å². The molecule has 100 valence electrons. The number of benzene rings is 1. The van der Waals surface area contributed by atoms with Crippen LogP contribution in [0.1, 0.15) is 0 Å². The van der Waals surface area contributed by atoms with Gasteiger partial charge in [0.25, 0.3) is 0 Å². The molecule has 0 saturated heterocycles. The van der Waals surface area contributed by atoms with E-state index < -0.39 is 6.61 Å². The molecule has 0 aliphatic carbocycles. The van der Waals surface area contributed by atoms with Gasteiger partial charge in [-0.15, -0.1) is 17.9 Å². The maximum atomic E-state index is 12.3. The lowest BCUT2D eigenvalue weighted by Gasteiger charge is -2.08. The number of ether oxygens (including phenoxy) is 1. The van der Waals surface area contributed by atoms with Gasteiger partial charge >= 0.3 is 6.61 Å². The lowest BCUT2D eigenvalue weighted by molar-refractivity contribution is -0.0494. The molecule has 19 heavy (non-hydrogen) atoms. The number of anilines is 1. The fourth-order valence-electron chi connectivity index (χ4n) is 1.52. The van der Waals surface area contributed by atoms with E-state index >= 15 is 0 Å². The minimum absolute atomic E-state index is 0.123. The molecule has 0 bridgehead atoms. The molecule has 3 nitrogen and oxygen atoms in total. The molecule has 2 rings (SSSR count). The number of halogens is 2. The monoisotopic (exact) mass is 282 g/mol. The first kappa shape index (κ1) is 13.5. The van der Waals surface area contributed by atoms with Crippen LogP contribution in [-0.2, 0) is 0 Å². The SMILES string of the molecule is C=CCNc1nc(-c2ccccc2OC(F)F)cs1. The molecule has 0 saturated carbocycles. The average Bonchev–Trinajstić information content (AvgIpc) is 2.85. The van der Waals surface area contributed by atoms with Gasteiger partial charge in [0, 0.05) is 17.5 Å². The van der Waals surface area contributed by atoms with Crippen LogP contribution in [0.15, 0.2) is 42.3 Å². The zero-order valence-electron chi connectivity index (χ0n) is 9.98.